The van der Waals surface area contributed by atoms with Crippen LogP contribution < -0.4 is 10.0 Å². The number of halogens is 1. The monoisotopic (exact) mass is 390 g/mol. The Labute approximate surface area is 159 Å². The Morgan fingerprint density at radius 1 is 1.00 bits per heavy atom. The maximum atomic E-state index is 12.9. The Bertz CT molecular complexity index is 874. The summed E-state index contributed by atoms with van der Waals surface area (Å²) >= 11 is 0. The number of benzene rings is 2. The molecule has 0 atom stereocenters. The van der Waals surface area contributed by atoms with Gasteiger partial charge in [-0.15, -0.1) is 0 Å². The highest BCUT2D eigenvalue weighted by Crippen LogP contribution is 2.18. The molecule has 27 heavy (non-hydrogen) atoms. The topological polar surface area (TPSA) is 75.3 Å². The lowest BCUT2D eigenvalue weighted by Crippen LogP contribution is -2.32. The fourth-order valence-electron chi connectivity index (χ4n) is 3.19. The molecule has 1 fully saturated rings. The largest absolute Gasteiger partial charge is 0.349 e. The Hall–Kier alpha value is -2.25. The number of hydrogen-bond acceptors (Lipinski definition) is 3. The van der Waals surface area contributed by atoms with Gasteiger partial charge in [0.05, 0.1) is 4.90 Å². The van der Waals surface area contributed by atoms with E-state index in [1.54, 1.807) is 12.1 Å². The second kappa shape index (κ2) is 8.63. The molecular formula is C20H23FN2O3S. The van der Waals surface area contributed by atoms with Gasteiger partial charge in [0, 0.05) is 18.2 Å². The summed E-state index contributed by atoms with van der Waals surface area (Å²) < 4.78 is 40.1. The Kier molecular flexibility index (Phi) is 6.23. The van der Waals surface area contributed by atoms with Crippen molar-refractivity contribution in [3.8, 4) is 0 Å². The summed E-state index contributed by atoms with van der Waals surface area (Å²) in [6, 6.07) is 12.1. The molecule has 0 aromatic heterocycles. The molecule has 0 heterocycles. The molecule has 7 heteroatoms. The number of nitrogens with one attached hydrogen (secondary N) is 2. The van der Waals surface area contributed by atoms with Crippen LogP contribution in [0.3, 0.4) is 0 Å². The van der Waals surface area contributed by atoms with Crippen LogP contribution in [-0.2, 0) is 16.4 Å². The molecule has 144 valence electrons. The van der Waals surface area contributed by atoms with E-state index in [-0.39, 0.29) is 29.2 Å². The van der Waals surface area contributed by atoms with Crippen molar-refractivity contribution in [1.29, 1.82) is 0 Å². The molecule has 0 aliphatic heterocycles. The predicted molar refractivity (Wildman–Crippen MR) is 101 cm³/mol. The van der Waals surface area contributed by atoms with E-state index in [1.165, 1.54) is 36.4 Å². The second-order valence-electron chi connectivity index (χ2n) is 6.75. The Morgan fingerprint density at radius 2 is 1.63 bits per heavy atom. The van der Waals surface area contributed by atoms with Gasteiger partial charge in [-0.3, -0.25) is 4.79 Å². The quantitative estimate of drug-likeness (QED) is 0.763. The molecule has 1 aliphatic carbocycles. The number of amides is 1. The van der Waals surface area contributed by atoms with Crippen LogP contribution in [0.1, 0.15) is 41.6 Å². The first-order valence-electron chi connectivity index (χ1n) is 9.09. The predicted octanol–water partition coefficient (Wildman–Crippen LogP) is 3.02. The average Bonchev–Trinajstić information content (AvgIpc) is 3.16. The summed E-state index contributed by atoms with van der Waals surface area (Å²) in [5, 5.41) is 2.98. The van der Waals surface area contributed by atoms with Gasteiger partial charge < -0.3 is 5.32 Å². The number of carbonyl (C=O) groups excluding carboxylic acids is 1. The Balaban J connectivity index is 1.55. The smallest absolute Gasteiger partial charge is 0.251 e. The Morgan fingerprint density at radius 3 is 2.26 bits per heavy atom. The van der Waals surface area contributed by atoms with Crippen molar-refractivity contribution < 1.29 is 17.6 Å². The second-order valence-corrected chi connectivity index (χ2v) is 8.52. The van der Waals surface area contributed by atoms with Crippen LogP contribution in [0.25, 0.3) is 0 Å². The van der Waals surface area contributed by atoms with Crippen molar-refractivity contribution in [1.82, 2.24) is 10.0 Å². The van der Waals surface area contributed by atoms with Crippen LogP contribution in [0.4, 0.5) is 4.39 Å². The summed E-state index contributed by atoms with van der Waals surface area (Å²) in [6.45, 7) is 0.206. The SMILES string of the molecule is O=C(NC1CCCC1)c1ccc(S(=O)(=O)NCCc2ccc(F)cc2)cc1. The van der Waals surface area contributed by atoms with Gasteiger partial charge in [-0.1, -0.05) is 25.0 Å². The van der Waals surface area contributed by atoms with Gasteiger partial charge in [-0.25, -0.2) is 17.5 Å². The maximum absolute atomic E-state index is 12.9. The summed E-state index contributed by atoms with van der Waals surface area (Å²) in [5.41, 5.74) is 1.30. The summed E-state index contributed by atoms with van der Waals surface area (Å²) in [4.78, 5) is 12.3. The van der Waals surface area contributed by atoms with Gasteiger partial charge in [0.2, 0.25) is 10.0 Å². The number of rotatable bonds is 7. The van der Waals surface area contributed by atoms with Crippen LogP contribution in [0.2, 0.25) is 0 Å². The zero-order chi connectivity index (χ0) is 19.3. The lowest BCUT2D eigenvalue weighted by Gasteiger charge is -2.12. The van der Waals surface area contributed by atoms with Gasteiger partial charge >= 0.3 is 0 Å². The first kappa shape index (κ1) is 19.5. The van der Waals surface area contributed by atoms with Crippen molar-refractivity contribution >= 4 is 15.9 Å². The molecule has 2 N–H and O–H groups in total. The molecule has 1 amide bonds. The van der Waals surface area contributed by atoms with E-state index in [1.807, 2.05) is 0 Å². The minimum atomic E-state index is -3.66. The van der Waals surface area contributed by atoms with Crippen LogP contribution in [0, 0.1) is 5.82 Å². The minimum absolute atomic E-state index is 0.110. The molecule has 2 aromatic rings. The van der Waals surface area contributed by atoms with Crippen molar-refractivity contribution in [2.24, 2.45) is 0 Å². The third-order valence-electron chi connectivity index (χ3n) is 4.74. The van der Waals surface area contributed by atoms with Gasteiger partial charge in [0.25, 0.3) is 5.91 Å². The van der Waals surface area contributed by atoms with E-state index >= 15 is 0 Å². The van der Waals surface area contributed by atoms with Crippen LogP contribution in [0.15, 0.2) is 53.4 Å². The van der Waals surface area contributed by atoms with Crippen molar-refractivity contribution in [2.45, 2.75) is 43.0 Å². The van der Waals surface area contributed by atoms with Crippen molar-refractivity contribution in [3.05, 3.63) is 65.5 Å². The molecule has 0 saturated heterocycles. The van der Waals surface area contributed by atoms with E-state index in [4.69, 9.17) is 0 Å². The zero-order valence-corrected chi connectivity index (χ0v) is 15.8. The zero-order valence-electron chi connectivity index (χ0n) is 14.9. The highest BCUT2D eigenvalue weighted by atomic mass is 32.2. The fourth-order valence-corrected chi connectivity index (χ4v) is 4.22. The average molecular weight is 390 g/mol. The molecule has 1 saturated carbocycles. The summed E-state index contributed by atoms with van der Waals surface area (Å²) in [5.74, 6) is -0.494. The summed E-state index contributed by atoms with van der Waals surface area (Å²) in [7, 11) is -3.66. The minimum Gasteiger partial charge on any atom is -0.349 e. The first-order valence-corrected chi connectivity index (χ1v) is 10.6. The maximum Gasteiger partial charge on any atom is 0.251 e. The highest BCUT2D eigenvalue weighted by molar-refractivity contribution is 7.89. The van der Waals surface area contributed by atoms with Gasteiger partial charge in [0.15, 0.2) is 0 Å². The molecule has 1 aliphatic rings. The van der Waals surface area contributed by atoms with E-state index in [9.17, 15) is 17.6 Å². The van der Waals surface area contributed by atoms with Crippen molar-refractivity contribution in [2.75, 3.05) is 6.54 Å². The van der Waals surface area contributed by atoms with E-state index in [2.05, 4.69) is 10.0 Å². The summed E-state index contributed by atoms with van der Waals surface area (Å²) in [6.07, 6.45) is 4.71. The van der Waals surface area contributed by atoms with Gasteiger partial charge in [0.1, 0.15) is 5.82 Å². The third kappa shape index (κ3) is 5.37. The first-order chi connectivity index (χ1) is 12.9. The molecule has 0 radical (unpaired) electrons. The molecule has 0 unspecified atom stereocenters. The molecular weight excluding hydrogens is 367 g/mol. The molecule has 0 bridgehead atoms. The lowest BCUT2D eigenvalue weighted by atomic mass is 10.1. The van der Waals surface area contributed by atoms with E-state index < -0.39 is 10.0 Å². The molecule has 0 spiro atoms. The molecule has 5 nitrogen and oxygen atoms in total. The standard InChI is InChI=1S/C20H23FN2O3S/c21-17-9-5-15(6-10-17)13-14-22-27(25,26)19-11-7-16(8-12-19)20(24)23-18-3-1-2-4-18/h5-12,18,22H,1-4,13-14H2,(H,23,24). The fraction of sp³-hybridized carbons (Fsp3) is 0.350. The lowest BCUT2D eigenvalue weighted by molar-refractivity contribution is 0.0937. The number of sulfonamides is 1. The molecule has 3 rings (SSSR count). The van der Waals surface area contributed by atoms with Gasteiger partial charge in [-0.05, 0) is 61.2 Å². The number of carbonyl (C=O) groups is 1. The van der Waals surface area contributed by atoms with E-state index in [0.717, 1.165) is 31.2 Å². The molecule has 2 aromatic carbocycles. The highest BCUT2D eigenvalue weighted by Gasteiger charge is 2.19. The van der Waals surface area contributed by atoms with Crippen LogP contribution >= 0.6 is 0 Å². The van der Waals surface area contributed by atoms with Crippen LogP contribution in [-0.4, -0.2) is 26.9 Å². The van der Waals surface area contributed by atoms with E-state index in [0.29, 0.717) is 12.0 Å². The van der Waals surface area contributed by atoms with Crippen molar-refractivity contribution in [3.63, 3.8) is 0 Å². The number of hydrogen-bond donors (Lipinski definition) is 2. The third-order valence-corrected chi connectivity index (χ3v) is 6.21. The van der Waals surface area contributed by atoms with Gasteiger partial charge in [-0.2, -0.15) is 0 Å². The van der Waals surface area contributed by atoms with Crippen LogP contribution in [0.5, 0.6) is 0 Å². The normalized spacial score (nSPS) is 15.0.